The van der Waals surface area contributed by atoms with Gasteiger partial charge < -0.3 is 5.11 Å². The van der Waals surface area contributed by atoms with Gasteiger partial charge in [-0.05, 0) is 43.9 Å². The predicted molar refractivity (Wildman–Crippen MR) is 74.9 cm³/mol. The monoisotopic (exact) mass is 274 g/mol. The van der Waals surface area contributed by atoms with Crippen molar-refractivity contribution in [3.63, 3.8) is 0 Å². The normalized spacial score (nSPS) is 17.6. The Bertz CT molecular complexity index is 552. The standard InChI is InChI=1S/C15H18N2O3/c1-10-7-8-12(13(18)9-10)15(20)17-16-14(19)11-5-3-2-4-6-11/h2-3,7-9,11,18H,4-6H2,1H3,(H,16,19)(H,17,20)/t11-/m0/s1. The Hall–Kier alpha value is -2.30. The van der Waals surface area contributed by atoms with E-state index in [0.717, 1.165) is 18.4 Å². The molecule has 0 aliphatic heterocycles. The predicted octanol–water partition coefficient (Wildman–Crippen LogP) is 1.82. The Labute approximate surface area is 117 Å². The Morgan fingerprint density at radius 3 is 2.70 bits per heavy atom. The third kappa shape index (κ3) is 3.38. The van der Waals surface area contributed by atoms with Crippen LogP contribution in [0.4, 0.5) is 0 Å². The highest BCUT2D eigenvalue weighted by molar-refractivity contribution is 5.97. The van der Waals surface area contributed by atoms with Crippen molar-refractivity contribution in [2.24, 2.45) is 5.92 Å². The van der Waals surface area contributed by atoms with Crippen LogP contribution in [-0.2, 0) is 4.79 Å². The molecule has 1 aromatic rings. The molecule has 0 fully saturated rings. The van der Waals surface area contributed by atoms with Crippen LogP contribution >= 0.6 is 0 Å². The lowest BCUT2D eigenvalue weighted by molar-refractivity contribution is -0.126. The van der Waals surface area contributed by atoms with Crippen molar-refractivity contribution in [2.45, 2.75) is 26.2 Å². The number of phenolic OH excluding ortho intramolecular Hbond substituents is 1. The minimum atomic E-state index is -0.526. The molecule has 1 atom stereocenters. The number of benzene rings is 1. The van der Waals surface area contributed by atoms with E-state index in [1.165, 1.54) is 12.1 Å². The van der Waals surface area contributed by atoms with Gasteiger partial charge in [0.15, 0.2) is 0 Å². The molecular formula is C15H18N2O3. The van der Waals surface area contributed by atoms with Gasteiger partial charge >= 0.3 is 0 Å². The molecule has 0 radical (unpaired) electrons. The highest BCUT2D eigenvalue weighted by Crippen LogP contribution is 2.19. The number of allylic oxidation sites excluding steroid dienone is 2. The quantitative estimate of drug-likeness (QED) is 0.568. The molecule has 106 valence electrons. The van der Waals surface area contributed by atoms with Gasteiger partial charge in [0, 0.05) is 5.92 Å². The van der Waals surface area contributed by atoms with E-state index in [4.69, 9.17) is 0 Å². The average molecular weight is 274 g/mol. The third-order valence-electron chi connectivity index (χ3n) is 3.34. The summed E-state index contributed by atoms with van der Waals surface area (Å²) in [6.07, 6.45) is 6.38. The van der Waals surface area contributed by atoms with Crippen LogP contribution in [0.5, 0.6) is 5.75 Å². The van der Waals surface area contributed by atoms with Crippen LogP contribution in [0.15, 0.2) is 30.4 Å². The summed E-state index contributed by atoms with van der Waals surface area (Å²) in [5.74, 6) is -0.930. The number of hydrogen-bond acceptors (Lipinski definition) is 3. The molecule has 0 saturated carbocycles. The Morgan fingerprint density at radius 2 is 2.05 bits per heavy atom. The smallest absolute Gasteiger partial charge is 0.273 e. The summed E-state index contributed by atoms with van der Waals surface area (Å²) in [4.78, 5) is 23.7. The molecule has 0 bridgehead atoms. The number of hydrogen-bond donors (Lipinski definition) is 3. The van der Waals surface area contributed by atoms with Gasteiger partial charge in [-0.1, -0.05) is 18.2 Å². The second-order valence-electron chi connectivity index (χ2n) is 4.95. The van der Waals surface area contributed by atoms with E-state index >= 15 is 0 Å². The number of rotatable bonds is 2. The van der Waals surface area contributed by atoms with E-state index in [-0.39, 0.29) is 23.1 Å². The summed E-state index contributed by atoms with van der Waals surface area (Å²) in [6, 6.07) is 4.75. The van der Waals surface area contributed by atoms with E-state index in [1.807, 2.05) is 19.1 Å². The summed E-state index contributed by atoms with van der Waals surface area (Å²) in [6.45, 7) is 1.82. The fourth-order valence-electron chi connectivity index (χ4n) is 2.15. The fraction of sp³-hybridized carbons (Fsp3) is 0.333. The SMILES string of the molecule is Cc1ccc(C(=O)NNC(=O)[C@H]2CC=CCC2)c(O)c1. The first-order valence-corrected chi connectivity index (χ1v) is 6.62. The number of phenols is 1. The number of aryl methyl sites for hydroxylation is 1. The topological polar surface area (TPSA) is 78.4 Å². The van der Waals surface area contributed by atoms with Crippen molar-refractivity contribution in [3.8, 4) is 5.75 Å². The van der Waals surface area contributed by atoms with E-state index in [0.29, 0.717) is 6.42 Å². The average Bonchev–Trinajstić information content (AvgIpc) is 2.45. The van der Waals surface area contributed by atoms with Gasteiger partial charge in [-0.25, -0.2) is 0 Å². The number of carbonyl (C=O) groups excluding carboxylic acids is 2. The van der Waals surface area contributed by atoms with Crippen LogP contribution in [0, 0.1) is 12.8 Å². The van der Waals surface area contributed by atoms with Crippen LogP contribution < -0.4 is 10.9 Å². The van der Waals surface area contributed by atoms with Crippen LogP contribution in [0.1, 0.15) is 35.2 Å². The maximum atomic E-state index is 11.9. The summed E-state index contributed by atoms with van der Waals surface area (Å²) >= 11 is 0. The first-order chi connectivity index (χ1) is 9.58. The molecule has 2 amide bonds. The van der Waals surface area contributed by atoms with Crippen molar-refractivity contribution < 1.29 is 14.7 Å². The van der Waals surface area contributed by atoms with E-state index in [9.17, 15) is 14.7 Å². The molecule has 0 spiro atoms. The fourth-order valence-corrected chi connectivity index (χ4v) is 2.15. The molecule has 3 N–H and O–H groups in total. The molecule has 0 aromatic heterocycles. The number of aromatic hydroxyl groups is 1. The molecule has 1 aliphatic rings. The van der Waals surface area contributed by atoms with Crippen molar-refractivity contribution in [2.75, 3.05) is 0 Å². The third-order valence-corrected chi connectivity index (χ3v) is 3.34. The zero-order valence-corrected chi connectivity index (χ0v) is 11.3. The van der Waals surface area contributed by atoms with Crippen LogP contribution in [0.25, 0.3) is 0 Å². The molecule has 1 aromatic carbocycles. The first kappa shape index (κ1) is 14.1. The van der Waals surface area contributed by atoms with Crippen LogP contribution in [0.3, 0.4) is 0 Å². The van der Waals surface area contributed by atoms with Crippen molar-refractivity contribution in [1.29, 1.82) is 0 Å². The van der Waals surface area contributed by atoms with E-state index in [2.05, 4.69) is 10.9 Å². The number of carbonyl (C=O) groups is 2. The van der Waals surface area contributed by atoms with E-state index < -0.39 is 5.91 Å². The van der Waals surface area contributed by atoms with Gasteiger partial charge in [-0.2, -0.15) is 0 Å². The zero-order chi connectivity index (χ0) is 14.5. The molecule has 1 aliphatic carbocycles. The van der Waals surface area contributed by atoms with Gasteiger partial charge in [-0.15, -0.1) is 0 Å². The maximum absolute atomic E-state index is 11.9. The number of nitrogens with one attached hydrogen (secondary N) is 2. The first-order valence-electron chi connectivity index (χ1n) is 6.62. The Morgan fingerprint density at radius 1 is 1.25 bits per heavy atom. The highest BCUT2D eigenvalue weighted by Gasteiger charge is 2.19. The second kappa shape index (κ2) is 6.23. The van der Waals surface area contributed by atoms with Crippen LogP contribution in [-0.4, -0.2) is 16.9 Å². The van der Waals surface area contributed by atoms with E-state index in [1.54, 1.807) is 6.07 Å². The minimum Gasteiger partial charge on any atom is -0.507 e. The lowest BCUT2D eigenvalue weighted by Crippen LogP contribution is -2.44. The largest absolute Gasteiger partial charge is 0.507 e. The lowest BCUT2D eigenvalue weighted by Gasteiger charge is -2.17. The zero-order valence-electron chi connectivity index (χ0n) is 11.3. The van der Waals surface area contributed by atoms with Gasteiger partial charge in [0.05, 0.1) is 5.56 Å². The molecule has 5 nitrogen and oxygen atoms in total. The van der Waals surface area contributed by atoms with Gasteiger partial charge in [0.1, 0.15) is 5.75 Å². The second-order valence-corrected chi connectivity index (χ2v) is 4.95. The lowest BCUT2D eigenvalue weighted by atomic mass is 9.94. The molecule has 5 heteroatoms. The molecule has 2 rings (SSSR count). The highest BCUT2D eigenvalue weighted by atomic mass is 16.3. The van der Waals surface area contributed by atoms with Gasteiger partial charge in [0.2, 0.25) is 5.91 Å². The summed E-state index contributed by atoms with van der Waals surface area (Å²) in [5.41, 5.74) is 5.74. The number of amides is 2. The molecule has 0 unspecified atom stereocenters. The van der Waals surface area contributed by atoms with Crippen molar-refractivity contribution in [1.82, 2.24) is 10.9 Å². The molecule has 20 heavy (non-hydrogen) atoms. The molecular weight excluding hydrogens is 256 g/mol. The van der Waals surface area contributed by atoms with Crippen molar-refractivity contribution in [3.05, 3.63) is 41.5 Å². The summed E-state index contributed by atoms with van der Waals surface area (Å²) in [5, 5.41) is 9.69. The van der Waals surface area contributed by atoms with Gasteiger partial charge in [-0.3, -0.25) is 20.4 Å². The Kier molecular flexibility index (Phi) is 4.40. The summed E-state index contributed by atoms with van der Waals surface area (Å²) < 4.78 is 0. The number of hydrazine groups is 1. The summed E-state index contributed by atoms with van der Waals surface area (Å²) in [7, 11) is 0. The maximum Gasteiger partial charge on any atom is 0.273 e. The van der Waals surface area contributed by atoms with Gasteiger partial charge in [0.25, 0.3) is 5.91 Å². The molecule has 0 saturated heterocycles. The minimum absolute atomic E-state index is 0.0997. The van der Waals surface area contributed by atoms with Crippen molar-refractivity contribution >= 4 is 11.8 Å². The Balaban J connectivity index is 1.91. The van der Waals surface area contributed by atoms with Crippen LogP contribution in [0.2, 0.25) is 0 Å². The molecule has 0 heterocycles.